The molecule has 0 amide bonds. The van der Waals surface area contributed by atoms with Gasteiger partial charge < -0.3 is 4.74 Å². The molecule has 0 aliphatic carbocycles. The number of rotatable bonds is 4. The van der Waals surface area contributed by atoms with Gasteiger partial charge >= 0.3 is 5.97 Å². The maximum Gasteiger partial charge on any atom is 0.339 e. The lowest BCUT2D eigenvalue weighted by Crippen LogP contribution is -2.14. The standard InChI is InChI=1S/C15H9BrClFO3/c16-13-6-5-11(18)7-12(13)15(20)21-8-14(19)9-1-3-10(17)4-2-9/h1-7H,8H2. The summed E-state index contributed by atoms with van der Waals surface area (Å²) in [4.78, 5) is 23.7. The Labute approximate surface area is 133 Å². The molecule has 21 heavy (non-hydrogen) atoms. The minimum atomic E-state index is -0.774. The van der Waals surface area contributed by atoms with Gasteiger partial charge in [0.25, 0.3) is 0 Å². The van der Waals surface area contributed by atoms with Crippen molar-refractivity contribution < 1.29 is 18.7 Å². The average molecular weight is 372 g/mol. The highest BCUT2D eigenvalue weighted by Gasteiger charge is 2.15. The number of hydrogen-bond acceptors (Lipinski definition) is 3. The number of carbonyl (C=O) groups excluding carboxylic acids is 2. The van der Waals surface area contributed by atoms with Crippen molar-refractivity contribution in [1.29, 1.82) is 0 Å². The summed E-state index contributed by atoms with van der Waals surface area (Å²) in [5.74, 6) is -1.70. The molecule has 3 nitrogen and oxygen atoms in total. The van der Waals surface area contributed by atoms with Gasteiger partial charge in [-0.2, -0.15) is 0 Å². The third-order valence-corrected chi connectivity index (χ3v) is 3.59. The van der Waals surface area contributed by atoms with Gasteiger partial charge in [0.15, 0.2) is 12.4 Å². The Morgan fingerprint density at radius 1 is 1.14 bits per heavy atom. The number of Topliss-reactive ketones (excluding diaryl/α,β-unsaturated/α-hetero) is 1. The van der Waals surface area contributed by atoms with Crippen molar-refractivity contribution in [2.45, 2.75) is 0 Å². The molecule has 0 atom stereocenters. The Balaban J connectivity index is 2.02. The van der Waals surface area contributed by atoms with Crippen LogP contribution in [-0.2, 0) is 4.74 Å². The molecule has 0 fully saturated rings. The van der Waals surface area contributed by atoms with E-state index >= 15 is 0 Å². The van der Waals surface area contributed by atoms with Crippen molar-refractivity contribution in [2.24, 2.45) is 0 Å². The molecular formula is C15H9BrClFO3. The van der Waals surface area contributed by atoms with Gasteiger partial charge in [0.05, 0.1) is 5.56 Å². The third kappa shape index (κ3) is 4.12. The Hall–Kier alpha value is -1.72. The molecule has 0 spiro atoms. The third-order valence-electron chi connectivity index (χ3n) is 2.65. The number of ketones is 1. The maximum atomic E-state index is 13.1. The van der Waals surface area contributed by atoms with Crippen molar-refractivity contribution in [3.63, 3.8) is 0 Å². The summed E-state index contributed by atoms with van der Waals surface area (Å²) < 4.78 is 18.4. The second kappa shape index (κ2) is 6.83. The average Bonchev–Trinajstić information content (AvgIpc) is 2.47. The predicted molar refractivity (Wildman–Crippen MR) is 80.2 cm³/mol. The zero-order valence-corrected chi connectivity index (χ0v) is 12.9. The van der Waals surface area contributed by atoms with Crippen molar-refractivity contribution >= 4 is 39.3 Å². The number of halogens is 3. The Kier molecular flexibility index (Phi) is 5.09. The zero-order chi connectivity index (χ0) is 15.4. The molecule has 0 aromatic heterocycles. The van der Waals surface area contributed by atoms with E-state index in [4.69, 9.17) is 16.3 Å². The van der Waals surface area contributed by atoms with Crippen molar-refractivity contribution in [2.75, 3.05) is 6.61 Å². The highest BCUT2D eigenvalue weighted by molar-refractivity contribution is 9.10. The van der Waals surface area contributed by atoms with E-state index in [9.17, 15) is 14.0 Å². The first kappa shape index (κ1) is 15.7. The van der Waals surface area contributed by atoms with Gasteiger partial charge in [0.1, 0.15) is 5.82 Å². The van der Waals surface area contributed by atoms with Crippen LogP contribution in [0, 0.1) is 5.82 Å². The van der Waals surface area contributed by atoms with Crippen LogP contribution in [0.15, 0.2) is 46.9 Å². The molecule has 108 valence electrons. The highest BCUT2D eigenvalue weighted by atomic mass is 79.9. The number of benzene rings is 2. The molecule has 0 saturated carbocycles. The topological polar surface area (TPSA) is 43.4 Å². The van der Waals surface area contributed by atoms with Crippen LogP contribution < -0.4 is 0 Å². The zero-order valence-electron chi connectivity index (χ0n) is 10.6. The van der Waals surface area contributed by atoms with E-state index in [2.05, 4.69) is 15.9 Å². The summed E-state index contributed by atoms with van der Waals surface area (Å²) in [6, 6.07) is 9.86. The minimum Gasteiger partial charge on any atom is -0.454 e. The first-order valence-corrected chi connectivity index (χ1v) is 7.05. The number of carbonyl (C=O) groups is 2. The first-order valence-electron chi connectivity index (χ1n) is 5.88. The van der Waals surface area contributed by atoms with Crippen LogP contribution >= 0.6 is 27.5 Å². The maximum absolute atomic E-state index is 13.1. The molecule has 0 aliphatic heterocycles. The molecule has 0 saturated heterocycles. The second-order valence-electron chi connectivity index (χ2n) is 4.13. The summed E-state index contributed by atoms with van der Waals surface area (Å²) in [5, 5.41) is 0.507. The van der Waals surface area contributed by atoms with E-state index in [0.29, 0.717) is 15.1 Å². The van der Waals surface area contributed by atoms with Crippen LogP contribution in [0.3, 0.4) is 0 Å². The Bertz CT molecular complexity index is 686. The number of ether oxygens (including phenoxy) is 1. The Morgan fingerprint density at radius 2 is 1.81 bits per heavy atom. The summed E-state index contributed by atoms with van der Waals surface area (Å²) in [5.41, 5.74) is 0.407. The van der Waals surface area contributed by atoms with Gasteiger partial charge in [-0.25, -0.2) is 9.18 Å². The number of hydrogen-bond donors (Lipinski definition) is 0. The second-order valence-corrected chi connectivity index (χ2v) is 5.42. The van der Waals surface area contributed by atoms with Crippen molar-refractivity contribution in [3.05, 3.63) is 68.9 Å². The molecule has 0 aliphatic rings. The smallest absolute Gasteiger partial charge is 0.339 e. The van der Waals surface area contributed by atoms with Crippen molar-refractivity contribution in [3.8, 4) is 0 Å². The fraction of sp³-hybridized carbons (Fsp3) is 0.0667. The molecule has 0 bridgehead atoms. The lowest BCUT2D eigenvalue weighted by atomic mass is 10.1. The lowest BCUT2D eigenvalue weighted by Gasteiger charge is -2.06. The van der Waals surface area contributed by atoms with E-state index in [-0.39, 0.29) is 11.3 Å². The van der Waals surface area contributed by atoms with Crippen LogP contribution in [0.5, 0.6) is 0 Å². The summed E-state index contributed by atoms with van der Waals surface area (Å²) >= 11 is 8.84. The quantitative estimate of drug-likeness (QED) is 0.595. The van der Waals surface area contributed by atoms with E-state index < -0.39 is 18.4 Å². The number of esters is 1. The molecule has 2 rings (SSSR count). The monoisotopic (exact) mass is 370 g/mol. The SMILES string of the molecule is O=C(COC(=O)c1cc(F)ccc1Br)c1ccc(Cl)cc1. The van der Waals surface area contributed by atoms with Crippen LogP contribution in [-0.4, -0.2) is 18.4 Å². The summed E-state index contributed by atoms with van der Waals surface area (Å²) in [7, 11) is 0. The lowest BCUT2D eigenvalue weighted by molar-refractivity contribution is 0.0473. The van der Waals surface area contributed by atoms with E-state index in [0.717, 1.165) is 6.07 Å². The normalized spacial score (nSPS) is 10.2. The minimum absolute atomic E-state index is 0.0268. The van der Waals surface area contributed by atoms with E-state index in [1.54, 1.807) is 12.1 Å². The molecule has 2 aromatic rings. The molecule has 6 heteroatoms. The molecule has 0 radical (unpaired) electrons. The predicted octanol–water partition coefficient (Wildman–Crippen LogP) is 4.28. The van der Waals surface area contributed by atoms with Crippen molar-refractivity contribution in [1.82, 2.24) is 0 Å². The molecule has 0 N–H and O–H groups in total. The van der Waals surface area contributed by atoms with Crippen LogP contribution in [0.2, 0.25) is 5.02 Å². The van der Waals surface area contributed by atoms with Crippen LogP contribution in [0.1, 0.15) is 20.7 Å². The van der Waals surface area contributed by atoms with Gasteiger partial charge in [-0.15, -0.1) is 0 Å². The van der Waals surface area contributed by atoms with Gasteiger partial charge in [0, 0.05) is 15.1 Å². The van der Waals surface area contributed by atoms with Crippen LogP contribution in [0.4, 0.5) is 4.39 Å². The fourth-order valence-electron chi connectivity index (χ4n) is 1.58. The van der Waals surface area contributed by atoms with Gasteiger partial charge in [-0.3, -0.25) is 4.79 Å². The molecule has 2 aromatic carbocycles. The van der Waals surface area contributed by atoms with E-state index in [1.807, 2.05) is 0 Å². The summed E-state index contributed by atoms with van der Waals surface area (Å²) in [6.45, 7) is -0.427. The Morgan fingerprint density at radius 3 is 2.48 bits per heavy atom. The van der Waals surface area contributed by atoms with Gasteiger partial charge in [-0.1, -0.05) is 11.6 Å². The summed E-state index contributed by atoms with van der Waals surface area (Å²) in [6.07, 6.45) is 0. The van der Waals surface area contributed by atoms with E-state index in [1.165, 1.54) is 24.3 Å². The first-order chi connectivity index (χ1) is 9.97. The highest BCUT2D eigenvalue weighted by Crippen LogP contribution is 2.19. The molecule has 0 unspecified atom stereocenters. The molecule has 0 heterocycles. The van der Waals surface area contributed by atoms with Crippen LogP contribution in [0.25, 0.3) is 0 Å². The van der Waals surface area contributed by atoms with Gasteiger partial charge in [0.2, 0.25) is 0 Å². The fourth-order valence-corrected chi connectivity index (χ4v) is 2.12. The van der Waals surface area contributed by atoms with Gasteiger partial charge in [-0.05, 0) is 58.4 Å². The molecular weight excluding hydrogens is 363 g/mol. The largest absolute Gasteiger partial charge is 0.454 e.